The molecule has 0 aliphatic carbocycles. The highest BCUT2D eigenvalue weighted by molar-refractivity contribution is 4.82. The van der Waals surface area contributed by atoms with Gasteiger partial charge in [-0.2, -0.15) is 0 Å². The minimum atomic E-state index is 0.262. The van der Waals surface area contributed by atoms with Gasteiger partial charge >= 0.3 is 0 Å². The van der Waals surface area contributed by atoms with Gasteiger partial charge in [-0.1, -0.05) is 6.92 Å². The Morgan fingerprint density at radius 3 is 2.75 bits per heavy atom. The van der Waals surface area contributed by atoms with Crippen LogP contribution in [0.3, 0.4) is 0 Å². The molecule has 4 heteroatoms. The van der Waals surface area contributed by atoms with E-state index in [4.69, 9.17) is 10.8 Å². The molecule has 96 valence electrons. The number of aliphatic hydroxyl groups excluding tert-OH is 1. The van der Waals surface area contributed by atoms with E-state index in [-0.39, 0.29) is 6.04 Å². The first kappa shape index (κ1) is 13.9. The lowest BCUT2D eigenvalue weighted by Crippen LogP contribution is -2.55. The zero-order chi connectivity index (χ0) is 12.0. The summed E-state index contributed by atoms with van der Waals surface area (Å²) in [6.07, 6.45) is 2.08. The largest absolute Gasteiger partial charge is 0.396 e. The Morgan fingerprint density at radius 1 is 1.44 bits per heavy atom. The van der Waals surface area contributed by atoms with Gasteiger partial charge in [0.2, 0.25) is 0 Å². The Bertz CT molecular complexity index is 187. The van der Waals surface area contributed by atoms with Crippen molar-refractivity contribution in [3.05, 3.63) is 0 Å². The molecule has 1 heterocycles. The number of hydrogen-bond donors (Lipinski definition) is 2. The van der Waals surface area contributed by atoms with Gasteiger partial charge in [-0.3, -0.25) is 4.90 Å². The second kappa shape index (κ2) is 7.22. The number of hydrogen-bond acceptors (Lipinski definition) is 4. The molecule has 1 aliphatic heterocycles. The van der Waals surface area contributed by atoms with E-state index in [0.717, 1.165) is 39.1 Å². The van der Waals surface area contributed by atoms with E-state index in [0.29, 0.717) is 12.6 Å². The van der Waals surface area contributed by atoms with Crippen LogP contribution in [0.15, 0.2) is 0 Å². The summed E-state index contributed by atoms with van der Waals surface area (Å²) >= 11 is 0. The summed E-state index contributed by atoms with van der Waals surface area (Å²) < 4.78 is 0. The first-order valence-electron chi connectivity index (χ1n) is 6.50. The zero-order valence-electron chi connectivity index (χ0n) is 10.7. The van der Waals surface area contributed by atoms with Crippen LogP contribution < -0.4 is 5.73 Å². The molecule has 0 bridgehead atoms. The molecule has 3 N–H and O–H groups in total. The Hall–Kier alpha value is -0.160. The first-order chi connectivity index (χ1) is 7.67. The van der Waals surface area contributed by atoms with Crippen LogP contribution in [-0.4, -0.2) is 66.3 Å². The van der Waals surface area contributed by atoms with Crippen LogP contribution in [0.25, 0.3) is 0 Å². The van der Waals surface area contributed by atoms with Crippen LogP contribution in [0, 0.1) is 0 Å². The number of nitrogens with two attached hydrogens (primary N) is 1. The fraction of sp³-hybridized carbons (Fsp3) is 1.00. The third-order valence-corrected chi connectivity index (χ3v) is 3.31. The molecule has 1 fully saturated rings. The molecule has 1 rings (SSSR count). The van der Waals surface area contributed by atoms with Crippen molar-refractivity contribution in [1.82, 2.24) is 9.80 Å². The van der Waals surface area contributed by atoms with Crippen molar-refractivity contribution in [2.75, 3.05) is 39.3 Å². The van der Waals surface area contributed by atoms with E-state index < -0.39 is 0 Å². The van der Waals surface area contributed by atoms with E-state index in [1.54, 1.807) is 0 Å². The number of piperazine rings is 1. The standard InChI is InChI=1S/C12H27N3O/c1-3-12-10-14(5-4-8-16)6-7-15(12)9-11(2)13/h11-12,16H,3-10,13H2,1-2H3. The maximum Gasteiger partial charge on any atom is 0.0443 e. The molecule has 0 aromatic rings. The van der Waals surface area contributed by atoms with E-state index in [2.05, 4.69) is 23.6 Å². The smallest absolute Gasteiger partial charge is 0.0443 e. The fourth-order valence-corrected chi connectivity index (χ4v) is 2.45. The van der Waals surface area contributed by atoms with Gasteiger partial charge in [0.15, 0.2) is 0 Å². The zero-order valence-corrected chi connectivity index (χ0v) is 10.7. The van der Waals surface area contributed by atoms with Gasteiger partial charge < -0.3 is 15.7 Å². The van der Waals surface area contributed by atoms with Crippen LogP contribution in [0.5, 0.6) is 0 Å². The second-order valence-electron chi connectivity index (χ2n) is 4.91. The molecule has 1 aliphatic rings. The molecule has 1 saturated heterocycles. The van der Waals surface area contributed by atoms with Gasteiger partial charge in [0.1, 0.15) is 0 Å². The first-order valence-corrected chi connectivity index (χ1v) is 6.50. The number of rotatable bonds is 6. The van der Waals surface area contributed by atoms with Crippen LogP contribution in [0.4, 0.5) is 0 Å². The average Bonchev–Trinajstić information content (AvgIpc) is 2.27. The maximum absolute atomic E-state index is 8.84. The highest BCUT2D eigenvalue weighted by Gasteiger charge is 2.25. The van der Waals surface area contributed by atoms with E-state index >= 15 is 0 Å². The third kappa shape index (κ3) is 4.37. The van der Waals surface area contributed by atoms with Gasteiger partial charge in [-0.25, -0.2) is 0 Å². The minimum Gasteiger partial charge on any atom is -0.396 e. The molecule has 0 saturated carbocycles. The second-order valence-corrected chi connectivity index (χ2v) is 4.91. The van der Waals surface area contributed by atoms with E-state index in [1.165, 1.54) is 6.42 Å². The predicted molar refractivity (Wildman–Crippen MR) is 67.4 cm³/mol. The maximum atomic E-state index is 8.84. The lowest BCUT2D eigenvalue weighted by atomic mass is 10.1. The minimum absolute atomic E-state index is 0.262. The normalized spacial score (nSPS) is 25.9. The molecule has 2 atom stereocenters. The number of aliphatic hydroxyl groups is 1. The summed E-state index contributed by atoms with van der Waals surface area (Å²) in [5.41, 5.74) is 5.87. The van der Waals surface area contributed by atoms with E-state index in [1.807, 2.05) is 0 Å². The molecule has 0 aromatic carbocycles. The van der Waals surface area contributed by atoms with Crippen molar-refractivity contribution < 1.29 is 5.11 Å². The van der Waals surface area contributed by atoms with Gasteiger partial charge in [0, 0.05) is 51.4 Å². The van der Waals surface area contributed by atoms with Crippen LogP contribution in [0.2, 0.25) is 0 Å². The molecule has 2 unspecified atom stereocenters. The Labute approximate surface area is 99.4 Å². The molecule has 0 amide bonds. The molecule has 0 radical (unpaired) electrons. The summed E-state index contributed by atoms with van der Waals surface area (Å²) in [6.45, 7) is 10.0. The van der Waals surface area contributed by atoms with E-state index in [9.17, 15) is 0 Å². The van der Waals surface area contributed by atoms with Crippen molar-refractivity contribution in [3.8, 4) is 0 Å². The van der Waals surface area contributed by atoms with Crippen molar-refractivity contribution in [1.29, 1.82) is 0 Å². The topological polar surface area (TPSA) is 52.7 Å². The Morgan fingerprint density at radius 2 is 2.19 bits per heavy atom. The SMILES string of the molecule is CCC1CN(CCCO)CCN1CC(C)N. The lowest BCUT2D eigenvalue weighted by Gasteiger charge is -2.41. The Balaban J connectivity index is 2.37. The molecule has 4 nitrogen and oxygen atoms in total. The van der Waals surface area contributed by atoms with Gasteiger partial charge in [-0.05, 0) is 19.8 Å². The quantitative estimate of drug-likeness (QED) is 0.679. The molecular weight excluding hydrogens is 202 g/mol. The van der Waals surface area contributed by atoms with Crippen molar-refractivity contribution in [3.63, 3.8) is 0 Å². The molecule has 0 aromatic heterocycles. The summed E-state index contributed by atoms with van der Waals surface area (Å²) in [7, 11) is 0. The van der Waals surface area contributed by atoms with Crippen LogP contribution in [-0.2, 0) is 0 Å². The van der Waals surface area contributed by atoms with Gasteiger partial charge in [0.25, 0.3) is 0 Å². The fourth-order valence-electron chi connectivity index (χ4n) is 2.45. The molecular formula is C12H27N3O. The molecule has 0 spiro atoms. The van der Waals surface area contributed by atoms with Crippen molar-refractivity contribution in [2.24, 2.45) is 5.73 Å². The highest BCUT2D eigenvalue weighted by atomic mass is 16.3. The summed E-state index contributed by atoms with van der Waals surface area (Å²) in [4.78, 5) is 4.97. The monoisotopic (exact) mass is 229 g/mol. The van der Waals surface area contributed by atoms with Gasteiger partial charge in [0.05, 0.1) is 0 Å². The highest BCUT2D eigenvalue weighted by Crippen LogP contribution is 2.13. The van der Waals surface area contributed by atoms with Crippen LogP contribution >= 0.6 is 0 Å². The van der Waals surface area contributed by atoms with Crippen molar-refractivity contribution >= 4 is 0 Å². The third-order valence-electron chi connectivity index (χ3n) is 3.31. The molecule has 16 heavy (non-hydrogen) atoms. The summed E-state index contributed by atoms with van der Waals surface area (Å²) in [5.74, 6) is 0. The summed E-state index contributed by atoms with van der Waals surface area (Å²) in [5, 5.41) is 8.84. The van der Waals surface area contributed by atoms with Gasteiger partial charge in [-0.15, -0.1) is 0 Å². The predicted octanol–water partition coefficient (Wildman–Crippen LogP) is 0.112. The van der Waals surface area contributed by atoms with Crippen molar-refractivity contribution in [2.45, 2.75) is 38.8 Å². The summed E-state index contributed by atoms with van der Waals surface area (Å²) in [6, 6.07) is 0.900. The van der Waals surface area contributed by atoms with Crippen LogP contribution in [0.1, 0.15) is 26.7 Å². The Kier molecular flexibility index (Phi) is 6.28. The lowest BCUT2D eigenvalue weighted by molar-refractivity contribution is 0.0651. The number of nitrogens with zero attached hydrogens (tertiary/aromatic N) is 2. The average molecular weight is 229 g/mol.